The zero-order chi connectivity index (χ0) is 13.3. The number of benzene rings is 1. The Morgan fingerprint density at radius 2 is 1.76 bits per heavy atom. The van der Waals surface area contributed by atoms with Crippen LogP contribution in [0.15, 0.2) is 18.2 Å². The first-order valence-corrected chi connectivity index (χ1v) is 5.21. The standard InChI is InChI=1S/C12H15F4N/c1-11(2,17-3)7-8-5-4-6-9(10(8)13)12(14,15)16/h4-6,17H,7H2,1-3H3. The monoisotopic (exact) mass is 249 g/mol. The molecule has 0 unspecified atom stereocenters. The molecule has 5 heteroatoms. The average molecular weight is 249 g/mol. The van der Waals surface area contributed by atoms with Crippen molar-refractivity contribution >= 4 is 0 Å². The molecule has 96 valence electrons. The third kappa shape index (κ3) is 3.43. The number of nitrogens with one attached hydrogen (secondary N) is 1. The summed E-state index contributed by atoms with van der Waals surface area (Å²) in [5.41, 5.74) is -1.59. The smallest absolute Gasteiger partial charge is 0.314 e. The van der Waals surface area contributed by atoms with Gasteiger partial charge in [-0.15, -0.1) is 0 Å². The van der Waals surface area contributed by atoms with Crippen LogP contribution in [0.1, 0.15) is 25.0 Å². The van der Waals surface area contributed by atoms with Gasteiger partial charge in [0.25, 0.3) is 0 Å². The summed E-state index contributed by atoms with van der Waals surface area (Å²) in [6.45, 7) is 3.60. The molecule has 0 aromatic heterocycles. The fraction of sp³-hybridized carbons (Fsp3) is 0.500. The van der Waals surface area contributed by atoms with Gasteiger partial charge in [-0.25, -0.2) is 4.39 Å². The Kier molecular flexibility index (Phi) is 3.81. The Labute approximate surface area is 97.8 Å². The molecule has 1 rings (SSSR count). The van der Waals surface area contributed by atoms with Crippen LogP contribution >= 0.6 is 0 Å². The Bertz CT molecular complexity index is 396. The van der Waals surface area contributed by atoms with E-state index in [9.17, 15) is 17.6 Å². The minimum atomic E-state index is -4.65. The Morgan fingerprint density at radius 1 is 1.18 bits per heavy atom. The highest BCUT2D eigenvalue weighted by atomic mass is 19.4. The van der Waals surface area contributed by atoms with Gasteiger partial charge in [-0.1, -0.05) is 12.1 Å². The van der Waals surface area contributed by atoms with Crippen molar-refractivity contribution in [1.82, 2.24) is 5.32 Å². The van der Waals surface area contributed by atoms with Gasteiger partial charge in [-0.05, 0) is 38.9 Å². The molecule has 1 aromatic carbocycles. The van der Waals surface area contributed by atoms with Crippen LogP contribution in [0.5, 0.6) is 0 Å². The first-order chi connectivity index (χ1) is 7.67. The van der Waals surface area contributed by atoms with Gasteiger partial charge in [0.05, 0.1) is 5.56 Å². The van der Waals surface area contributed by atoms with E-state index >= 15 is 0 Å². The molecular formula is C12H15F4N. The summed E-state index contributed by atoms with van der Waals surface area (Å²) >= 11 is 0. The summed E-state index contributed by atoms with van der Waals surface area (Å²) in [7, 11) is 1.69. The minimum Gasteiger partial charge on any atom is -0.314 e. The molecule has 0 radical (unpaired) electrons. The normalized spacial score (nSPS) is 12.9. The van der Waals surface area contributed by atoms with Gasteiger partial charge >= 0.3 is 6.18 Å². The number of halogens is 4. The van der Waals surface area contributed by atoms with E-state index in [-0.39, 0.29) is 12.0 Å². The molecule has 17 heavy (non-hydrogen) atoms. The fourth-order valence-corrected chi connectivity index (χ4v) is 1.50. The largest absolute Gasteiger partial charge is 0.419 e. The maximum atomic E-state index is 13.7. The lowest BCUT2D eigenvalue weighted by Crippen LogP contribution is -2.38. The summed E-state index contributed by atoms with van der Waals surface area (Å²) in [6.07, 6.45) is -4.46. The molecule has 1 nitrogen and oxygen atoms in total. The first kappa shape index (κ1) is 14.0. The molecule has 0 aliphatic heterocycles. The molecule has 0 spiro atoms. The lowest BCUT2D eigenvalue weighted by molar-refractivity contribution is -0.140. The lowest BCUT2D eigenvalue weighted by Gasteiger charge is -2.24. The molecule has 0 saturated heterocycles. The fourth-order valence-electron chi connectivity index (χ4n) is 1.50. The average Bonchev–Trinajstić information content (AvgIpc) is 2.19. The predicted molar refractivity (Wildman–Crippen MR) is 58.2 cm³/mol. The molecule has 0 atom stereocenters. The number of hydrogen-bond donors (Lipinski definition) is 1. The van der Waals surface area contributed by atoms with Crippen LogP contribution in [0.2, 0.25) is 0 Å². The summed E-state index contributed by atoms with van der Waals surface area (Å²) in [4.78, 5) is 0. The highest BCUT2D eigenvalue weighted by molar-refractivity contribution is 5.29. The van der Waals surface area contributed by atoms with Crippen LogP contribution in [0.4, 0.5) is 17.6 Å². The van der Waals surface area contributed by atoms with Gasteiger partial charge in [-0.3, -0.25) is 0 Å². The summed E-state index contributed by atoms with van der Waals surface area (Å²) in [5, 5.41) is 2.93. The van der Waals surface area contributed by atoms with E-state index in [0.717, 1.165) is 6.07 Å². The van der Waals surface area contributed by atoms with Crippen molar-refractivity contribution in [2.45, 2.75) is 32.0 Å². The van der Waals surface area contributed by atoms with Gasteiger partial charge in [0, 0.05) is 5.54 Å². The highest BCUT2D eigenvalue weighted by Crippen LogP contribution is 2.33. The molecule has 1 N–H and O–H groups in total. The molecule has 0 fully saturated rings. The third-order valence-corrected chi connectivity index (χ3v) is 2.69. The molecule has 0 saturated carbocycles. The van der Waals surface area contributed by atoms with Gasteiger partial charge in [0.2, 0.25) is 0 Å². The molecule has 1 aromatic rings. The van der Waals surface area contributed by atoms with Crippen molar-refractivity contribution < 1.29 is 17.6 Å². The second-order valence-electron chi connectivity index (χ2n) is 4.59. The molecule has 0 bridgehead atoms. The lowest BCUT2D eigenvalue weighted by atomic mass is 9.93. The van der Waals surface area contributed by atoms with E-state index in [1.54, 1.807) is 20.9 Å². The molecule has 0 amide bonds. The second kappa shape index (κ2) is 4.64. The minimum absolute atomic E-state index is 0.0687. The van der Waals surface area contributed by atoms with Gasteiger partial charge in [0.15, 0.2) is 0 Å². The van der Waals surface area contributed by atoms with Crippen molar-refractivity contribution in [1.29, 1.82) is 0 Å². The number of hydrogen-bond acceptors (Lipinski definition) is 1. The van der Waals surface area contributed by atoms with E-state index in [4.69, 9.17) is 0 Å². The van der Waals surface area contributed by atoms with Crippen LogP contribution in [0.25, 0.3) is 0 Å². The molecule has 0 heterocycles. The topological polar surface area (TPSA) is 12.0 Å². The van der Waals surface area contributed by atoms with Crippen LogP contribution in [-0.2, 0) is 12.6 Å². The van der Waals surface area contributed by atoms with Crippen molar-refractivity contribution in [3.05, 3.63) is 35.1 Å². The third-order valence-electron chi connectivity index (χ3n) is 2.69. The summed E-state index contributed by atoms with van der Waals surface area (Å²) in [5.74, 6) is -1.18. The van der Waals surface area contributed by atoms with E-state index in [0.29, 0.717) is 0 Å². The number of likely N-dealkylation sites (N-methyl/N-ethyl adjacent to an activating group) is 1. The van der Waals surface area contributed by atoms with Crippen molar-refractivity contribution in [2.75, 3.05) is 7.05 Å². The zero-order valence-electron chi connectivity index (χ0n) is 9.95. The maximum absolute atomic E-state index is 13.7. The first-order valence-electron chi connectivity index (χ1n) is 5.21. The van der Waals surface area contributed by atoms with Crippen LogP contribution in [-0.4, -0.2) is 12.6 Å². The van der Waals surface area contributed by atoms with E-state index in [2.05, 4.69) is 5.32 Å². The Morgan fingerprint density at radius 3 is 2.24 bits per heavy atom. The summed E-state index contributed by atoms with van der Waals surface area (Å²) < 4.78 is 51.2. The van der Waals surface area contributed by atoms with Crippen LogP contribution in [0, 0.1) is 5.82 Å². The SMILES string of the molecule is CNC(C)(C)Cc1cccc(C(F)(F)F)c1F. The second-order valence-corrected chi connectivity index (χ2v) is 4.59. The molecule has 0 aliphatic rings. The maximum Gasteiger partial charge on any atom is 0.419 e. The van der Waals surface area contributed by atoms with Gasteiger partial charge < -0.3 is 5.32 Å². The zero-order valence-corrected chi connectivity index (χ0v) is 9.95. The van der Waals surface area contributed by atoms with Crippen molar-refractivity contribution in [3.63, 3.8) is 0 Å². The number of alkyl halides is 3. The van der Waals surface area contributed by atoms with Crippen molar-refractivity contribution in [3.8, 4) is 0 Å². The predicted octanol–water partition coefficient (Wildman–Crippen LogP) is 3.39. The number of rotatable bonds is 3. The molecule has 0 aliphatic carbocycles. The van der Waals surface area contributed by atoms with Crippen molar-refractivity contribution in [2.24, 2.45) is 0 Å². The highest BCUT2D eigenvalue weighted by Gasteiger charge is 2.35. The molecular weight excluding hydrogens is 234 g/mol. The Balaban J connectivity index is 3.12. The van der Waals surface area contributed by atoms with Crippen LogP contribution < -0.4 is 5.32 Å². The van der Waals surface area contributed by atoms with Gasteiger partial charge in [-0.2, -0.15) is 13.2 Å². The van der Waals surface area contributed by atoms with E-state index in [1.807, 2.05) is 0 Å². The summed E-state index contributed by atoms with van der Waals surface area (Å²) in [6, 6.07) is 3.36. The van der Waals surface area contributed by atoms with E-state index < -0.39 is 23.1 Å². The quantitative estimate of drug-likeness (QED) is 0.810. The van der Waals surface area contributed by atoms with Crippen LogP contribution in [0.3, 0.4) is 0 Å². The Hall–Kier alpha value is -1.10. The van der Waals surface area contributed by atoms with E-state index in [1.165, 1.54) is 12.1 Å². The van der Waals surface area contributed by atoms with Gasteiger partial charge in [0.1, 0.15) is 5.82 Å².